The zero-order chi connectivity index (χ0) is 10.3. The molecule has 0 radical (unpaired) electrons. The Morgan fingerprint density at radius 1 is 1.31 bits per heavy atom. The molecule has 13 heavy (non-hydrogen) atoms. The Morgan fingerprint density at radius 3 is 2.31 bits per heavy atom. The summed E-state index contributed by atoms with van der Waals surface area (Å²) in [5.74, 6) is -0.637. The SMILES string of the molecule is CCN(CC(=O)OC)C(=O)COC. The molecule has 0 heterocycles. The lowest BCUT2D eigenvalue weighted by molar-refractivity contribution is -0.148. The van der Waals surface area contributed by atoms with Crippen LogP contribution in [0.1, 0.15) is 6.92 Å². The second-order valence-electron chi connectivity index (χ2n) is 2.42. The minimum Gasteiger partial charge on any atom is -0.468 e. The van der Waals surface area contributed by atoms with E-state index < -0.39 is 5.97 Å². The Kier molecular flexibility index (Phi) is 5.88. The van der Waals surface area contributed by atoms with E-state index >= 15 is 0 Å². The molecule has 0 aromatic carbocycles. The molecule has 0 saturated carbocycles. The fraction of sp³-hybridized carbons (Fsp3) is 0.750. The molecule has 0 spiro atoms. The van der Waals surface area contributed by atoms with Crippen LogP contribution in [0.5, 0.6) is 0 Å². The van der Waals surface area contributed by atoms with Crippen molar-refractivity contribution in [2.24, 2.45) is 0 Å². The number of nitrogens with zero attached hydrogens (tertiary/aromatic N) is 1. The van der Waals surface area contributed by atoms with Crippen LogP contribution in [0.25, 0.3) is 0 Å². The molecule has 0 aromatic heterocycles. The summed E-state index contributed by atoms with van der Waals surface area (Å²) in [4.78, 5) is 23.4. The van der Waals surface area contributed by atoms with Gasteiger partial charge in [0, 0.05) is 13.7 Å². The predicted octanol–water partition coefficient (Wildman–Crippen LogP) is -0.346. The van der Waals surface area contributed by atoms with E-state index in [0.29, 0.717) is 6.54 Å². The van der Waals surface area contributed by atoms with E-state index in [9.17, 15) is 9.59 Å². The topological polar surface area (TPSA) is 55.8 Å². The smallest absolute Gasteiger partial charge is 0.325 e. The summed E-state index contributed by atoms with van der Waals surface area (Å²) in [5, 5.41) is 0. The monoisotopic (exact) mass is 189 g/mol. The Balaban J connectivity index is 4.01. The number of hydrogen-bond acceptors (Lipinski definition) is 4. The lowest BCUT2D eigenvalue weighted by atomic mass is 10.4. The molecule has 0 unspecified atom stereocenters. The number of methoxy groups -OCH3 is 2. The second kappa shape index (κ2) is 6.42. The van der Waals surface area contributed by atoms with Crippen LogP contribution >= 0.6 is 0 Å². The fourth-order valence-electron chi connectivity index (χ4n) is 0.811. The van der Waals surface area contributed by atoms with Crippen LogP contribution in [0.4, 0.5) is 0 Å². The van der Waals surface area contributed by atoms with Gasteiger partial charge in [-0.25, -0.2) is 0 Å². The van der Waals surface area contributed by atoms with Gasteiger partial charge < -0.3 is 14.4 Å². The summed E-state index contributed by atoms with van der Waals surface area (Å²) < 4.78 is 9.10. The molecule has 0 saturated heterocycles. The highest BCUT2D eigenvalue weighted by atomic mass is 16.5. The Labute approximate surface area is 77.6 Å². The number of carbonyl (C=O) groups excluding carboxylic acids is 2. The third-order valence-corrected chi connectivity index (χ3v) is 1.55. The highest BCUT2D eigenvalue weighted by molar-refractivity contribution is 5.82. The van der Waals surface area contributed by atoms with E-state index in [2.05, 4.69) is 9.47 Å². The van der Waals surface area contributed by atoms with Crippen molar-refractivity contribution in [3.63, 3.8) is 0 Å². The van der Waals surface area contributed by atoms with Crippen LogP contribution in [0.2, 0.25) is 0 Å². The van der Waals surface area contributed by atoms with Crippen molar-refractivity contribution in [1.29, 1.82) is 0 Å². The first kappa shape index (κ1) is 11.9. The first-order chi connectivity index (χ1) is 6.15. The van der Waals surface area contributed by atoms with Crippen LogP contribution in [-0.2, 0) is 19.1 Å². The molecule has 0 atom stereocenters. The average Bonchev–Trinajstić information content (AvgIpc) is 2.14. The molecule has 5 heteroatoms. The number of carbonyl (C=O) groups is 2. The minimum absolute atomic E-state index is 0.00909. The van der Waals surface area contributed by atoms with Gasteiger partial charge in [-0.1, -0.05) is 0 Å². The molecule has 5 nitrogen and oxygen atoms in total. The Bertz CT molecular complexity index is 181. The van der Waals surface area contributed by atoms with E-state index in [4.69, 9.17) is 0 Å². The minimum atomic E-state index is -0.425. The average molecular weight is 189 g/mol. The zero-order valence-electron chi connectivity index (χ0n) is 8.20. The molecular weight excluding hydrogens is 174 g/mol. The molecule has 0 bridgehead atoms. The number of likely N-dealkylation sites (N-methyl/N-ethyl adjacent to an activating group) is 1. The molecule has 0 aromatic rings. The fourth-order valence-corrected chi connectivity index (χ4v) is 0.811. The van der Waals surface area contributed by atoms with Gasteiger partial charge >= 0.3 is 5.97 Å². The number of amides is 1. The molecule has 0 aliphatic heterocycles. The Hall–Kier alpha value is -1.10. The third-order valence-electron chi connectivity index (χ3n) is 1.55. The van der Waals surface area contributed by atoms with E-state index in [-0.39, 0.29) is 19.1 Å². The van der Waals surface area contributed by atoms with Crippen molar-refractivity contribution in [3.8, 4) is 0 Å². The van der Waals surface area contributed by atoms with Gasteiger partial charge in [-0.05, 0) is 6.92 Å². The predicted molar refractivity (Wildman–Crippen MR) is 46.1 cm³/mol. The van der Waals surface area contributed by atoms with Crippen molar-refractivity contribution in [2.45, 2.75) is 6.92 Å². The summed E-state index contributed by atoms with van der Waals surface area (Å²) in [6.45, 7) is 2.23. The van der Waals surface area contributed by atoms with Crippen LogP contribution in [-0.4, -0.2) is 50.7 Å². The van der Waals surface area contributed by atoms with E-state index in [0.717, 1.165) is 0 Å². The number of rotatable bonds is 5. The van der Waals surface area contributed by atoms with Crippen molar-refractivity contribution >= 4 is 11.9 Å². The summed E-state index contributed by atoms with van der Waals surface area (Å²) in [7, 11) is 2.72. The maximum atomic E-state index is 11.2. The quantitative estimate of drug-likeness (QED) is 0.555. The van der Waals surface area contributed by atoms with Gasteiger partial charge in [0.2, 0.25) is 5.91 Å². The molecule has 0 aliphatic rings. The molecule has 0 fully saturated rings. The van der Waals surface area contributed by atoms with Gasteiger partial charge in [-0.15, -0.1) is 0 Å². The molecular formula is C8H15NO4. The zero-order valence-corrected chi connectivity index (χ0v) is 8.20. The molecule has 1 amide bonds. The summed E-state index contributed by atoms with van der Waals surface area (Å²) in [6.07, 6.45) is 0. The van der Waals surface area contributed by atoms with E-state index in [1.54, 1.807) is 6.92 Å². The lowest BCUT2D eigenvalue weighted by Crippen LogP contribution is -2.38. The van der Waals surface area contributed by atoms with Gasteiger partial charge in [0.25, 0.3) is 0 Å². The largest absolute Gasteiger partial charge is 0.468 e. The molecule has 76 valence electrons. The summed E-state index contributed by atoms with van der Waals surface area (Å²) in [6, 6.07) is 0. The van der Waals surface area contributed by atoms with Crippen molar-refractivity contribution in [1.82, 2.24) is 4.90 Å². The third kappa shape index (κ3) is 4.47. The highest BCUT2D eigenvalue weighted by Gasteiger charge is 2.14. The van der Waals surface area contributed by atoms with Crippen molar-refractivity contribution in [2.75, 3.05) is 33.9 Å². The van der Waals surface area contributed by atoms with Crippen LogP contribution < -0.4 is 0 Å². The van der Waals surface area contributed by atoms with Gasteiger partial charge in [0.15, 0.2) is 0 Å². The normalized spacial score (nSPS) is 9.46. The number of hydrogen-bond donors (Lipinski definition) is 0. The number of ether oxygens (including phenoxy) is 2. The molecule has 0 aliphatic carbocycles. The maximum absolute atomic E-state index is 11.2. The first-order valence-corrected chi connectivity index (χ1v) is 3.99. The standard InChI is InChI=1S/C8H15NO4/c1-4-9(5-8(11)13-3)7(10)6-12-2/h4-6H2,1-3H3. The van der Waals surface area contributed by atoms with E-state index in [1.165, 1.54) is 19.1 Å². The van der Waals surface area contributed by atoms with Crippen molar-refractivity contribution < 1.29 is 19.1 Å². The highest BCUT2D eigenvalue weighted by Crippen LogP contribution is 1.91. The molecule has 0 N–H and O–H groups in total. The second-order valence-corrected chi connectivity index (χ2v) is 2.42. The van der Waals surface area contributed by atoms with Gasteiger partial charge in [0.1, 0.15) is 13.2 Å². The lowest BCUT2D eigenvalue weighted by Gasteiger charge is -2.18. The van der Waals surface area contributed by atoms with E-state index in [1.807, 2.05) is 0 Å². The first-order valence-electron chi connectivity index (χ1n) is 3.99. The van der Waals surface area contributed by atoms with Gasteiger partial charge in [-0.3, -0.25) is 9.59 Å². The molecule has 0 rings (SSSR count). The van der Waals surface area contributed by atoms with Gasteiger partial charge in [0.05, 0.1) is 7.11 Å². The summed E-state index contributed by atoms with van der Waals surface area (Å²) >= 11 is 0. The maximum Gasteiger partial charge on any atom is 0.325 e. The van der Waals surface area contributed by atoms with Crippen LogP contribution in [0, 0.1) is 0 Å². The number of esters is 1. The van der Waals surface area contributed by atoms with Gasteiger partial charge in [-0.2, -0.15) is 0 Å². The van der Waals surface area contributed by atoms with Crippen LogP contribution in [0.15, 0.2) is 0 Å². The summed E-state index contributed by atoms with van der Waals surface area (Å²) in [5.41, 5.74) is 0. The van der Waals surface area contributed by atoms with Crippen molar-refractivity contribution in [3.05, 3.63) is 0 Å². The van der Waals surface area contributed by atoms with Crippen LogP contribution in [0.3, 0.4) is 0 Å². The Morgan fingerprint density at radius 2 is 1.92 bits per heavy atom.